The molecular formula is C17H17ClN4O2. The highest BCUT2D eigenvalue weighted by Crippen LogP contribution is 2.27. The number of nitrogens with zero attached hydrogens (tertiary/aromatic N) is 3. The van der Waals surface area contributed by atoms with Gasteiger partial charge in [0.15, 0.2) is 0 Å². The lowest BCUT2D eigenvalue weighted by Crippen LogP contribution is -2.20. The van der Waals surface area contributed by atoms with Crippen LogP contribution in [0.3, 0.4) is 0 Å². The van der Waals surface area contributed by atoms with Crippen LogP contribution in [0.1, 0.15) is 19.8 Å². The Morgan fingerprint density at radius 3 is 2.88 bits per heavy atom. The van der Waals surface area contributed by atoms with Gasteiger partial charge in [-0.3, -0.25) is 9.36 Å². The summed E-state index contributed by atoms with van der Waals surface area (Å²) in [4.78, 5) is 20.9. The van der Waals surface area contributed by atoms with Crippen molar-refractivity contribution in [1.82, 2.24) is 14.5 Å². The molecule has 0 aliphatic heterocycles. The van der Waals surface area contributed by atoms with Crippen LogP contribution in [0.15, 0.2) is 41.3 Å². The smallest absolute Gasteiger partial charge is 0.252 e. The van der Waals surface area contributed by atoms with Crippen LogP contribution in [-0.4, -0.2) is 19.6 Å². The maximum absolute atomic E-state index is 12.1. The molecule has 2 aromatic heterocycles. The van der Waals surface area contributed by atoms with Gasteiger partial charge in [-0.1, -0.05) is 24.9 Å². The highest BCUT2D eigenvalue weighted by molar-refractivity contribution is 6.32. The number of aromatic nitrogens is 3. The van der Waals surface area contributed by atoms with Crippen LogP contribution >= 0.6 is 11.6 Å². The van der Waals surface area contributed by atoms with E-state index in [1.54, 1.807) is 29.0 Å². The number of unbranched alkanes of at least 4 members (excludes halogenated alkanes) is 1. The Kier molecular flexibility index (Phi) is 4.66. The first kappa shape index (κ1) is 16.3. The molecule has 0 fully saturated rings. The number of phenols is 1. The summed E-state index contributed by atoms with van der Waals surface area (Å²) in [6.07, 6.45) is 3.57. The molecule has 0 aliphatic rings. The van der Waals surface area contributed by atoms with Gasteiger partial charge in [0.2, 0.25) is 5.95 Å². The number of aromatic hydroxyl groups is 1. The summed E-state index contributed by atoms with van der Waals surface area (Å²) in [6, 6.07) is 8.00. The number of fused-ring (bicyclic) bond motifs is 1. The molecule has 3 aromatic rings. The van der Waals surface area contributed by atoms with E-state index in [-0.39, 0.29) is 16.3 Å². The van der Waals surface area contributed by atoms with Crippen molar-refractivity contribution in [3.63, 3.8) is 0 Å². The van der Waals surface area contributed by atoms with Gasteiger partial charge in [0, 0.05) is 29.9 Å². The van der Waals surface area contributed by atoms with E-state index < -0.39 is 0 Å². The van der Waals surface area contributed by atoms with E-state index in [9.17, 15) is 9.90 Å². The van der Waals surface area contributed by atoms with Crippen LogP contribution in [0, 0.1) is 0 Å². The second-order valence-corrected chi connectivity index (χ2v) is 5.85. The van der Waals surface area contributed by atoms with Crippen molar-refractivity contribution in [1.29, 1.82) is 0 Å². The largest absolute Gasteiger partial charge is 0.506 e. The van der Waals surface area contributed by atoms with Crippen LogP contribution in [0.25, 0.3) is 11.0 Å². The number of hydrogen-bond acceptors (Lipinski definition) is 5. The van der Waals surface area contributed by atoms with Crippen LogP contribution in [-0.2, 0) is 6.54 Å². The van der Waals surface area contributed by atoms with Gasteiger partial charge in [-0.2, -0.15) is 4.98 Å². The van der Waals surface area contributed by atoms with Crippen molar-refractivity contribution in [3.05, 3.63) is 51.9 Å². The molecule has 2 N–H and O–H groups in total. The van der Waals surface area contributed by atoms with Crippen molar-refractivity contribution >= 4 is 34.3 Å². The Bertz CT molecular complexity index is 940. The molecule has 1 aromatic carbocycles. The maximum atomic E-state index is 12.1. The minimum absolute atomic E-state index is 0.00931. The normalized spacial score (nSPS) is 10.9. The van der Waals surface area contributed by atoms with E-state index in [2.05, 4.69) is 22.2 Å². The first-order chi connectivity index (χ1) is 11.6. The maximum Gasteiger partial charge on any atom is 0.252 e. The lowest BCUT2D eigenvalue weighted by atomic mass is 10.3. The van der Waals surface area contributed by atoms with E-state index in [4.69, 9.17) is 11.6 Å². The molecule has 0 spiro atoms. The van der Waals surface area contributed by atoms with Gasteiger partial charge in [0.05, 0.1) is 5.02 Å². The fourth-order valence-corrected chi connectivity index (χ4v) is 2.56. The summed E-state index contributed by atoms with van der Waals surface area (Å²) >= 11 is 5.90. The van der Waals surface area contributed by atoms with Crippen molar-refractivity contribution in [2.75, 3.05) is 5.32 Å². The van der Waals surface area contributed by atoms with E-state index in [1.165, 1.54) is 12.1 Å². The predicted molar refractivity (Wildman–Crippen MR) is 95.1 cm³/mol. The zero-order chi connectivity index (χ0) is 17.1. The van der Waals surface area contributed by atoms with Gasteiger partial charge >= 0.3 is 0 Å². The Morgan fingerprint density at radius 1 is 1.29 bits per heavy atom. The Balaban J connectivity index is 2.00. The summed E-state index contributed by atoms with van der Waals surface area (Å²) in [5.41, 5.74) is 1.17. The molecule has 6 nitrogen and oxygen atoms in total. The van der Waals surface area contributed by atoms with Crippen LogP contribution in [0.5, 0.6) is 5.75 Å². The summed E-state index contributed by atoms with van der Waals surface area (Å²) in [5, 5.41) is 13.5. The first-order valence-electron chi connectivity index (χ1n) is 7.70. The molecule has 3 rings (SSSR count). The molecule has 0 unspecified atom stereocenters. The minimum atomic E-state index is -0.0757. The molecule has 0 radical (unpaired) electrons. The topological polar surface area (TPSA) is 80.0 Å². The monoisotopic (exact) mass is 344 g/mol. The molecule has 2 heterocycles. The number of aryl methyl sites for hydroxylation is 1. The summed E-state index contributed by atoms with van der Waals surface area (Å²) in [6.45, 7) is 2.70. The number of anilines is 2. The third-order valence-electron chi connectivity index (χ3n) is 3.66. The number of rotatable bonds is 5. The van der Waals surface area contributed by atoms with Crippen LogP contribution in [0.4, 0.5) is 11.6 Å². The molecule has 0 atom stereocenters. The van der Waals surface area contributed by atoms with Crippen LogP contribution < -0.4 is 10.9 Å². The van der Waals surface area contributed by atoms with Crippen molar-refractivity contribution in [2.45, 2.75) is 26.3 Å². The lowest BCUT2D eigenvalue weighted by Gasteiger charge is -2.10. The highest BCUT2D eigenvalue weighted by atomic mass is 35.5. The number of phenolic OH excluding ortho intramolecular Hbond substituents is 1. The minimum Gasteiger partial charge on any atom is -0.506 e. The number of pyridine rings is 1. The Hall–Kier alpha value is -2.60. The molecule has 0 aliphatic carbocycles. The predicted octanol–water partition coefficient (Wildman–Crippen LogP) is 3.69. The van der Waals surface area contributed by atoms with Crippen LogP contribution in [0.2, 0.25) is 5.02 Å². The van der Waals surface area contributed by atoms with Gasteiger partial charge in [0.25, 0.3) is 5.56 Å². The second-order valence-electron chi connectivity index (χ2n) is 5.44. The highest BCUT2D eigenvalue weighted by Gasteiger charge is 2.08. The van der Waals surface area contributed by atoms with E-state index in [1.807, 2.05) is 0 Å². The van der Waals surface area contributed by atoms with Crippen molar-refractivity contribution < 1.29 is 5.11 Å². The SMILES string of the molecule is CCCCn1c(=O)ccc2cnc(Nc3ccc(O)c(Cl)c3)nc21. The van der Waals surface area contributed by atoms with E-state index in [0.29, 0.717) is 23.8 Å². The van der Waals surface area contributed by atoms with Gasteiger partial charge in [-0.25, -0.2) is 4.98 Å². The van der Waals surface area contributed by atoms with Crippen molar-refractivity contribution in [3.8, 4) is 5.75 Å². The molecule has 0 saturated heterocycles. The zero-order valence-electron chi connectivity index (χ0n) is 13.2. The molecule has 0 amide bonds. The fourth-order valence-electron chi connectivity index (χ4n) is 2.38. The number of hydrogen-bond donors (Lipinski definition) is 2. The molecule has 0 bridgehead atoms. The summed E-state index contributed by atoms with van der Waals surface area (Å²) < 4.78 is 1.66. The number of benzene rings is 1. The average molecular weight is 345 g/mol. The third-order valence-corrected chi connectivity index (χ3v) is 3.96. The molecule has 24 heavy (non-hydrogen) atoms. The molecule has 124 valence electrons. The van der Waals surface area contributed by atoms with Gasteiger partial charge in [-0.05, 0) is 30.7 Å². The lowest BCUT2D eigenvalue weighted by molar-refractivity contribution is 0.475. The summed E-state index contributed by atoms with van der Waals surface area (Å²) in [7, 11) is 0. The molecule has 7 heteroatoms. The molecular weight excluding hydrogens is 328 g/mol. The summed E-state index contributed by atoms with van der Waals surface area (Å²) in [5.74, 6) is 0.371. The first-order valence-corrected chi connectivity index (χ1v) is 8.08. The second kappa shape index (κ2) is 6.88. The zero-order valence-corrected chi connectivity index (χ0v) is 13.9. The van der Waals surface area contributed by atoms with E-state index in [0.717, 1.165) is 18.2 Å². The fraction of sp³-hybridized carbons (Fsp3) is 0.235. The quantitative estimate of drug-likeness (QED) is 0.690. The molecule has 0 saturated carbocycles. The van der Waals surface area contributed by atoms with Crippen molar-refractivity contribution in [2.24, 2.45) is 0 Å². The van der Waals surface area contributed by atoms with Gasteiger partial charge < -0.3 is 10.4 Å². The number of nitrogens with one attached hydrogen (secondary N) is 1. The van der Waals surface area contributed by atoms with Gasteiger partial charge in [-0.15, -0.1) is 0 Å². The Morgan fingerprint density at radius 2 is 2.12 bits per heavy atom. The average Bonchev–Trinajstić information content (AvgIpc) is 2.57. The number of halogens is 1. The standard InChI is InChI=1S/C17H17ClN4O2/c1-2-3-8-22-15(24)7-4-11-10-19-17(21-16(11)22)20-12-5-6-14(23)13(18)9-12/h4-7,9-10,23H,2-3,8H2,1H3,(H,19,20,21). The van der Waals surface area contributed by atoms with Gasteiger partial charge in [0.1, 0.15) is 11.4 Å². The third kappa shape index (κ3) is 3.33. The Labute approximate surface area is 143 Å². The van der Waals surface area contributed by atoms with E-state index >= 15 is 0 Å².